The predicted octanol–water partition coefficient (Wildman–Crippen LogP) is 4.93. The van der Waals surface area contributed by atoms with Gasteiger partial charge in [0.05, 0.1) is 26.8 Å². The number of benzene rings is 2. The standard InChI is InChI=1S/C43H60N8O4S4/c1-25(45-7)39(57)49-31-19-21-59-34-23-43(4,5)36(51(34)41(31)55)38(53)47-29-16-12-27(13-17-29)9-8-26-10-14-28(15-11-26)46-37(52)35-42(2,3)22-33-50(35)40(54)30(18-20-58-33)48-32(56)24-44-6/h10-17,25,30-31,33-36,44-45H,8-9,18-24H2,1-7H3,(H,46,52)(H,47,53)(H,48,56)(H,49,57)/t25-,30-,31-,33-,34-,35+,36+/m0/s1. The molecule has 0 radical (unpaired) electrons. The van der Waals surface area contributed by atoms with E-state index < -0.39 is 35.0 Å². The first-order valence-electron chi connectivity index (χ1n) is 20.6. The van der Waals surface area contributed by atoms with Gasteiger partial charge in [-0.05, 0) is 117 Å². The Hall–Kier alpha value is -3.28. The molecule has 0 unspecified atom stereocenters. The van der Waals surface area contributed by atoms with Crippen LogP contribution in [0.25, 0.3) is 0 Å². The Morgan fingerprint density at radius 3 is 1.56 bits per heavy atom. The predicted molar refractivity (Wildman–Crippen MR) is 249 cm³/mol. The summed E-state index contributed by atoms with van der Waals surface area (Å²) >= 11 is 14.5. The Morgan fingerprint density at radius 1 is 0.729 bits per heavy atom. The zero-order valence-corrected chi connectivity index (χ0v) is 38.5. The molecule has 0 spiro atoms. The van der Waals surface area contributed by atoms with Gasteiger partial charge in [-0.1, -0.05) is 76.4 Å². The second kappa shape index (κ2) is 19.2. The van der Waals surface area contributed by atoms with Crippen LogP contribution in [0.2, 0.25) is 0 Å². The van der Waals surface area contributed by atoms with Crippen LogP contribution in [0.4, 0.5) is 11.4 Å². The number of fused-ring (bicyclic) bond motifs is 2. The second-order valence-electron chi connectivity index (χ2n) is 17.5. The van der Waals surface area contributed by atoms with E-state index in [4.69, 9.17) is 24.4 Å². The Labute approximate surface area is 368 Å². The molecule has 0 aliphatic carbocycles. The summed E-state index contributed by atoms with van der Waals surface area (Å²) in [4.78, 5) is 60.5. The van der Waals surface area contributed by atoms with E-state index in [0.717, 1.165) is 48.3 Å². The molecule has 0 aromatic heterocycles. The molecule has 2 aromatic carbocycles. The number of amides is 4. The van der Waals surface area contributed by atoms with Crippen LogP contribution in [0.5, 0.6) is 0 Å². The number of anilines is 2. The lowest BCUT2D eigenvalue weighted by Crippen LogP contribution is -2.56. The smallest absolute Gasteiger partial charge is 0.247 e. The molecule has 2 aromatic rings. The highest BCUT2D eigenvalue weighted by Crippen LogP contribution is 2.48. The molecule has 4 aliphatic heterocycles. The number of hydrogen-bond donors (Lipinski definition) is 6. The third-order valence-corrected chi connectivity index (χ3v) is 15.3. The van der Waals surface area contributed by atoms with Crippen molar-refractivity contribution >= 4 is 92.9 Å². The fourth-order valence-electron chi connectivity index (χ4n) is 8.76. The zero-order valence-electron chi connectivity index (χ0n) is 35.2. The van der Waals surface area contributed by atoms with Crippen LogP contribution in [0.3, 0.4) is 0 Å². The molecular weight excluding hydrogens is 821 g/mol. The molecular formula is C43H60N8O4S4. The van der Waals surface area contributed by atoms with E-state index in [2.05, 4.69) is 59.6 Å². The van der Waals surface area contributed by atoms with Gasteiger partial charge in [-0.15, -0.1) is 23.5 Å². The Morgan fingerprint density at radius 2 is 1.15 bits per heavy atom. The van der Waals surface area contributed by atoms with Crippen molar-refractivity contribution in [2.45, 2.75) is 114 Å². The number of carbonyl (C=O) groups excluding carboxylic acids is 4. The maximum absolute atomic E-state index is 14.0. The molecule has 7 atom stereocenters. The molecule has 4 amide bonds. The number of aryl methyl sites for hydroxylation is 2. The van der Waals surface area contributed by atoms with Gasteiger partial charge < -0.3 is 41.7 Å². The summed E-state index contributed by atoms with van der Waals surface area (Å²) in [5, 5.41) is 18.8. The molecule has 0 bridgehead atoms. The molecule has 4 fully saturated rings. The highest BCUT2D eigenvalue weighted by Gasteiger charge is 2.55. The first kappa shape index (κ1) is 45.3. The van der Waals surface area contributed by atoms with Gasteiger partial charge in [-0.25, -0.2) is 0 Å². The highest BCUT2D eigenvalue weighted by molar-refractivity contribution is 8.00. The third-order valence-electron chi connectivity index (χ3n) is 12.1. The molecule has 16 heteroatoms. The van der Waals surface area contributed by atoms with Gasteiger partial charge in [0.2, 0.25) is 23.6 Å². The van der Waals surface area contributed by atoms with Crippen LogP contribution < -0.4 is 31.9 Å². The zero-order chi connectivity index (χ0) is 42.6. The Kier molecular flexibility index (Phi) is 14.7. The molecule has 0 saturated carbocycles. The summed E-state index contributed by atoms with van der Waals surface area (Å²) < 4.78 is 0. The number of thioether (sulfide) groups is 2. The van der Waals surface area contributed by atoms with Gasteiger partial charge in [0, 0.05) is 17.9 Å². The summed E-state index contributed by atoms with van der Waals surface area (Å²) in [5.41, 5.74) is 2.82. The fraction of sp³-hybridized carbons (Fsp3) is 0.581. The lowest BCUT2D eigenvalue weighted by Gasteiger charge is -2.34. The van der Waals surface area contributed by atoms with E-state index in [1.165, 1.54) is 0 Å². The molecule has 4 saturated heterocycles. The van der Waals surface area contributed by atoms with Crippen LogP contribution in [-0.4, -0.2) is 117 Å². The van der Waals surface area contributed by atoms with Crippen molar-refractivity contribution in [1.82, 2.24) is 31.1 Å². The van der Waals surface area contributed by atoms with Gasteiger partial charge >= 0.3 is 0 Å². The minimum Gasteiger partial charge on any atom is -0.367 e. The summed E-state index contributed by atoms with van der Waals surface area (Å²) in [6.07, 6.45) is 4.37. The van der Waals surface area contributed by atoms with Crippen molar-refractivity contribution in [1.29, 1.82) is 0 Å². The minimum atomic E-state index is -0.614. The number of thiocarbonyl (C=S) groups is 2. The SMILES string of the molecule is CNCC(=S)N[C@H]1CCS[C@H]2CC(C)(C)[C@@H](C(=O)Nc3ccc(CCc4ccc(NC(=O)[C@H]5N6C(=O)[C@@H](NC(=S)[C@H](C)NC)CCS[C@H]6CC5(C)C)cc4)cc3)N2C1=O. The Balaban J connectivity index is 1.03. The summed E-state index contributed by atoms with van der Waals surface area (Å²) in [7, 11) is 3.65. The van der Waals surface area contributed by atoms with Crippen molar-refractivity contribution in [3.05, 3.63) is 59.7 Å². The van der Waals surface area contributed by atoms with E-state index in [1.807, 2.05) is 69.6 Å². The first-order valence-corrected chi connectivity index (χ1v) is 23.5. The summed E-state index contributed by atoms with van der Waals surface area (Å²) in [6.45, 7) is 10.7. The van der Waals surface area contributed by atoms with Crippen LogP contribution in [0, 0.1) is 10.8 Å². The topological polar surface area (TPSA) is 147 Å². The summed E-state index contributed by atoms with van der Waals surface area (Å²) in [6, 6.07) is 13.6. The molecule has 6 N–H and O–H groups in total. The lowest BCUT2D eigenvalue weighted by molar-refractivity contribution is -0.140. The van der Waals surface area contributed by atoms with E-state index >= 15 is 0 Å². The van der Waals surface area contributed by atoms with Crippen molar-refractivity contribution in [3.63, 3.8) is 0 Å². The summed E-state index contributed by atoms with van der Waals surface area (Å²) in [5.74, 6) is 1.11. The van der Waals surface area contributed by atoms with Gasteiger partial charge in [0.1, 0.15) is 24.2 Å². The van der Waals surface area contributed by atoms with Crippen molar-refractivity contribution in [3.8, 4) is 0 Å². The van der Waals surface area contributed by atoms with E-state index in [-0.39, 0.29) is 40.4 Å². The van der Waals surface area contributed by atoms with Crippen molar-refractivity contribution in [2.24, 2.45) is 10.8 Å². The van der Waals surface area contributed by atoms with Crippen LogP contribution >= 0.6 is 48.0 Å². The number of nitrogens with one attached hydrogen (secondary N) is 6. The van der Waals surface area contributed by atoms with E-state index in [9.17, 15) is 19.2 Å². The van der Waals surface area contributed by atoms with Crippen LogP contribution in [-0.2, 0) is 32.0 Å². The van der Waals surface area contributed by atoms with Gasteiger partial charge in [-0.3, -0.25) is 19.2 Å². The number of nitrogens with zero attached hydrogens (tertiary/aromatic N) is 2. The molecule has 4 heterocycles. The Bertz CT molecular complexity index is 1890. The fourth-order valence-corrected chi connectivity index (χ4v) is 12.5. The van der Waals surface area contributed by atoms with Crippen LogP contribution in [0.1, 0.15) is 71.4 Å². The van der Waals surface area contributed by atoms with Gasteiger partial charge in [0.15, 0.2) is 0 Å². The highest BCUT2D eigenvalue weighted by atomic mass is 32.2. The maximum atomic E-state index is 14.0. The van der Waals surface area contributed by atoms with Crippen molar-refractivity contribution < 1.29 is 19.2 Å². The average molecular weight is 881 g/mol. The number of hydrogen-bond acceptors (Lipinski definition) is 10. The maximum Gasteiger partial charge on any atom is 0.247 e. The molecule has 320 valence electrons. The second-order valence-corrected chi connectivity index (χ2v) is 21.0. The molecule has 59 heavy (non-hydrogen) atoms. The minimum absolute atomic E-state index is 0.0598. The number of rotatable bonds is 13. The van der Waals surface area contributed by atoms with Crippen molar-refractivity contribution in [2.75, 3.05) is 42.8 Å². The normalized spacial score (nSPS) is 26.5. The van der Waals surface area contributed by atoms with E-state index in [0.29, 0.717) is 40.7 Å². The average Bonchev–Trinajstić information content (AvgIpc) is 3.51. The monoisotopic (exact) mass is 880 g/mol. The first-order chi connectivity index (χ1) is 28.0. The molecule has 12 nitrogen and oxygen atoms in total. The van der Waals surface area contributed by atoms with E-state index in [1.54, 1.807) is 33.3 Å². The quantitative estimate of drug-likeness (QED) is 0.152. The number of likely N-dealkylation sites (N-methyl/N-ethyl adjacent to an activating group) is 2. The van der Waals surface area contributed by atoms with Gasteiger partial charge in [-0.2, -0.15) is 0 Å². The molecule has 6 rings (SSSR count). The third kappa shape index (κ3) is 10.4. The number of carbonyl (C=O) groups is 4. The van der Waals surface area contributed by atoms with Crippen LogP contribution in [0.15, 0.2) is 48.5 Å². The lowest BCUT2D eigenvalue weighted by atomic mass is 9.84. The molecule has 4 aliphatic rings. The van der Waals surface area contributed by atoms with Gasteiger partial charge in [0.25, 0.3) is 0 Å². The largest absolute Gasteiger partial charge is 0.367 e.